The highest BCUT2D eigenvalue weighted by atomic mass is 16.5. The molecule has 3 heteroatoms. The van der Waals surface area contributed by atoms with Gasteiger partial charge in [0.15, 0.2) is 0 Å². The average Bonchev–Trinajstić information content (AvgIpc) is 2.27. The third kappa shape index (κ3) is 3.53. The second-order valence-electron chi connectivity index (χ2n) is 3.17. The van der Waals surface area contributed by atoms with Gasteiger partial charge in [-0.25, -0.2) is 0 Å². The Hall–Kier alpha value is -1.06. The lowest BCUT2D eigenvalue weighted by Crippen LogP contribution is -2.00. The summed E-state index contributed by atoms with van der Waals surface area (Å²) in [5.41, 5.74) is 1.88. The maximum absolute atomic E-state index is 9.01. The van der Waals surface area contributed by atoms with Crippen molar-refractivity contribution in [2.24, 2.45) is 0 Å². The van der Waals surface area contributed by atoms with Crippen molar-refractivity contribution in [3.8, 4) is 5.75 Å². The van der Waals surface area contributed by atoms with Crippen LogP contribution in [0.4, 0.5) is 0 Å². The van der Waals surface area contributed by atoms with Crippen molar-refractivity contribution in [2.75, 3.05) is 13.2 Å². The Balaban J connectivity index is 2.82. The highest BCUT2D eigenvalue weighted by molar-refractivity contribution is 5.37. The van der Waals surface area contributed by atoms with E-state index < -0.39 is 0 Å². The van der Waals surface area contributed by atoms with E-state index in [1.165, 1.54) is 0 Å². The fourth-order valence-corrected chi connectivity index (χ4v) is 1.32. The zero-order chi connectivity index (χ0) is 11.1. The number of hydrogen-bond acceptors (Lipinski definition) is 3. The highest BCUT2D eigenvalue weighted by Crippen LogP contribution is 2.21. The molecule has 1 aromatic carbocycles. The third-order valence-electron chi connectivity index (χ3n) is 2.08. The summed E-state index contributed by atoms with van der Waals surface area (Å²) in [6, 6.07) is 5.68. The molecule has 84 valence electrons. The van der Waals surface area contributed by atoms with Gasteiger partial charge in [-0.2, -0.15) is 0 Å². The summed E-state index contributed by atoms with van der Waals surface area (Å²) in [4.78, 5) is 0. The molecule has 3 nitrogen and oxygen atoms in total. The molecule has 0 unspecified atom stereocenters. The van der Waals surface area contributed by atoms with Crippen molar-refractivity contribution in [1.29, 1.82) is 0 Å². The van der Waals surface area contributed by atoms with Gasteiger partial charge >= 0.3 is 0 Å². The number of aliphatic hydroxyl groups is 1. The third-order valence-corrected chi connectivity index (χ3v) is 2.08. The van der Waals surface area contributed by atoms with E-state index in [0.717, 1.165) is 16.9 Å². The standard InChI is InChI=1S/C12H18O3/c1-3-14-9-11-6-5-10(8-13)7-12(11)15-4-2/h5-7,13H,3-4,8-9H2,1-2H3. The molecule has 0 saturated carbocycles. The van der Waals surface area contributed by atoms with E-state index in [1.54, 1.807) is 0 Å². The SMILES string of the molecule is CCOCc1ccc(CO)cc1OCC. The Kier molecular flexibility index (Phi) is 5.15. The minimum atomic E-state index is 0.0367. The quantitative estimate of drug-likeness (QED) is 0.781. The topological polar surface area (TPSA) is 38.7 Å². The Morgan fingerprint density at radius 3 is 2.60 bits per heavy atom. The maximum atomic E-state index is 9.01. The zero-order valence-electron chi connectivity index (χ0n) is 9.32. The first kappa shape index (κ1) is 12.0. The summed E-state index contributed by atoms with van der Waals surface area (Å²) >= 11 is 0. The summed E-state index contributed by atoms with van der Waals surface area (Å²) in [7, 11) is 0. The molecule has 0 aliphatic rings. The predicted octanol–water partition coefficient (Wildman–Crippen LogP) is 2.11. The molecular formula is C12H18O3. The van der Waals surface area contributed by atoms with Crippen molar-refractivity contribution in [3.63, 3.8) is 0 Å². The Morgan fingerprint density at radius 2 is 2.00 bits per heavy atom. The van der Waals surface area contributed by atoms with Crippen LogP contribution in [-0.4, -0.2) is 18.3 Å². The molecule has 0 aliphatic carbocycles. The van der Waals surface area contributed by atoms with Crippen LogP contribution in [0.2, 0.25) is 0 Å². The summed E-state index contributed by atoms with van der Waals surface area (Å²) in [5, 5.41) is 9.01. The van der Waals surface area contributed by atoms with Crippen LogP contribution in [-0.2, 0) is 18.0 Å². The van der Waals surface area contributed by atoms with Crippen LogP contribution in [0.3, 0.4) is 0 Å². The van der Waals surface area contributed by atoms with E-state index in [0.29, 0.717) is 19.8 Å². The van der Waals surface area contributed by atoms with Gasteiger partial charge in [-0.05, 0) is 25.5 Å². The monoisotopic (exact) mass is 210 g/mol. The van der Waals surface area contributed by atoms with E-state index in [4.69, 9.17) is 14.6 Å². The summed E-state index contributed by atoms with van der Waals surface area (Å²) in [6.07, 6.45) is 0. The normalized spacial score (nSPS) is 10.3. The molecule has 0 spiro atoms. The van der Waals surface area contributed by atoms with E-state index in [1.807, 2.05) is 32.0 Å². The van der Waals surface area contributed by atoms with Gasteiger partial charge in [0.1, 0.15) is 5.75 Å². The molecule has 0 heterocycles. The average molecular weight is 210 g/mol. The minimum Gasteiger partial charge on any atom is -0.493 e. The smallest absolute Gasteiger partial charge is 0.125 e. The minimum absolute atomic E-state index is 0.0367. The molecule has 0 aliphatic heterocycles. The number of rotatable bonds is 6. The van der Waals surface area contributed by atoms with E-state index in [9.17, 15) is 0 Å². The molecule has 1 rings (SSSR count). The molecule has 0 bridgehead atoms. The molecule has 0 fully saturated rings. The molecule has 0 saturated heterocycles. The first-order chi connectivity index (χ1) is 7.31. The van der Waals surface area contributed by atoms with Gasteiger partial charge in [0.2, 0.25) is 0 Å². The first-order valence-corrected chi connectivity index (χ1v) is 5.25. The second kappa shape index (κ2) is 6.43. The predicted molar refractivity (Wildman–Crippen MR) is 58.9 cm³/mol. The van der Waals surface area contributed by atoms with Gasteiger partial charge < -0.3 is 14.6 Å². The molecule has 0 aromatic heterocycles. The Labute approximate surface area is 90.6 Å². The van der Waals surface area contributed by atoms with E-state index >= 15 is 0 Å². The van der Waals surface area contributed by atoms with Gasteiger partial charge in [0.05, 0.1) is 19.8 Å². The van der Waals surface area contributed by atoms with Gasteiger partial charge in [-0.3, -0.25) is 0 Å². The molecule has 1 N–H and O–H groups in total. The lowest BCUT2D eigenvalue weighted by atomic mass is 10.1. The van der Waals surface area contributed by atoms with Crippen molar-refractivity contribution < 1.29 is 14.6 Å². The lowest BCUT2D eigenvalue weighted by Gasteiger charge is -2.11. The number of benzene rings is 1. The maximum Gasteiger partial charge on any atom is 0.125 e. The number of aliphatic hydroxyl groups excluding tert-OH is 1. The fraction of sp³-hybridized carbons (Fsp3) is 0.500. The van der Waals surface area contributed by atoms with Crippen LogP contribution in [0.5, 0.6) is 5.75 Å². The van der Waals surface area contributed by atoms with Crippen molar-refractivity contribution in [3.05, 3.63) is 29.3 Å². The largest absolute Gasteiger partial charge is 0.493 e. The summed E-state index contributed by atoms with van der Waals surface area (Å²) in [5.74, 6) is 0.803. The molecule has 0 radical (unpaired) electrons. The molecule has 1 aromatic rings. The van der Waals surface area contributed by atoms with Gasteiger partial charge in [0.25, 0.3) is 0 Å². The van der Waals surface area contributed by atoms with Crippen LogP contribution in [0.25, 0.3) is 0 Å². The molecule has 0 atom stereocenters. The second-order valence-corrected chi connectivity index (χ2v) is 3.17. The van der Waals surface area contributed by atoms with E-state index in [2.05, 4.69) is 0 Å². The van der Waals surface area contributed by atoms with Crippen molar-refractivity contribution >= 4 is 0 Å². The molecule has 15 heavy (non-hydrogen) atoms. The fourth-order valence-electron chi connectivity index (χ4n) is 1.32. The van der Waals surface area contributed by atoms with Crippen LogP contribution < -0.4 is 4.74 Å². The van der Waals surface area contributed by atoms with Gasteiger partial charge in [0, 0.05) is 12.2 Å². The first-order valence-electron chi connectivity index (χ1n) is 5.25. The molecular weight excluding hydrogens is 192 g/mol. The summed E-state index contributed by atoms with van der Waals surface area (Å²) < 4.78 is 10.8. The highest BCUT2D eigenvalue weighted by Gasteiger charge is 2.04. The van der Waals surface area contributed by atoms with Crippen LogP contribution in [0.15, 0.2) is 18.2 Å². The van der Waals surface area contributed by atoms with E-state index in [-0.39, 0.29) is 6.61 Å². The Morgan fingerprint density at radius 1 is 1.20 bits per heavy atom. The van der Waals surface area contributed by atoms with Gasteiger partial charge in [-0.15, -0.1) is 0 Å². The lowest BCUT2D eigenvalue weighted by molar-refractivity contribution is 0.131. The van der Waals surface area contributed by atoms with Gasteiger partial charge in [-0.1, -0.05) is 12.1 Å². The number of hydrogen-bond donors (Lipinski definition) is 1. The van der Waals surface area contributed by atoms with Crippen LogP contribution in [0.1, 0.15) is 25.0 Å². The summed E-state index contributed by atoms with van der Waals surface area (Å²) in [6.45, 7) is 5.80. The Bertz CT molecular complexity index is 297. The number of ether oxygens (including phenoxy) is 2. The zero-order valence-corrected chi connectivity index (χ0v) is 9.32. The van der Waals surface area contributed by atoms with Crippen LogP contribution in [0, 0.1) is 0 Å². The molecule has 0 amide bonds. The van der Waals surface area contributed by atoms with Crippen molar-refractivity contribution in [2.45, 2.75) is 27.1 Å². The van der Waals surface area contributed by atoms with Crippen LogP contribution >= 0.6 is 0 Å². The van der Waals surface area contributed by atoms with Crippen molar-refractivity contribution in [1.82, 2.24) is 0 Å².